The van der Waals surface area contributed by atoms with Gasteiger partial charge in [0.1, 0.15) is 6.04 Å². The molecule has 1 atom stereocenters. The molecule has 1 unspecified atom stereocenters. The van der Waals surface area contributed by atoms with Crippen LogP contribution in [0.1, 0.15) is 0 Å². The van der Waals surface area contributed by atoms with E-state index in [4.69, 9.17) is 10.2 Å². The van der Waals surface area contributed by atoms with E-state index in [-0.39, 0.29) is 9.79 Å². The SMILES string of the molecule is CS(=O)(=O)c1ccc(S(=O)(=O)NC(CO)C(=O)O)cc1. The molecule has 0 spiro atoms. The number of aliphatic hydroxyl groups is 1. The molecular formula is C10H13NO7S2. The van der Waals surface area contributed by atoms with Crippen molar-refractivity contribution in [2.75, 3.05) is 12.9 Å². The lowest BCUT2D eigenvalue weighted by Crippen LogP contribution is -2.43. The van der Waals surface area contributed by atoms with Gasteiger partial charge in [0, 0.05) is 6.26 Å². The van der Waals surface area contributed by atoms with E-state index in [0.29, 0.717) is 0 Å². The molecule has 112 valence electrons. The van der Waals surface area contributed by atoms with E-state index in [1.807, 2.05) is 0 Å². The minimum absolute atomic E-state index is 0.0617. The van der Waals surface area contributed by atoms with Gasteiger partial charge in [-0.15, -0.1) is 0 Å². The number of sulfonamides is 1. The monoisotopic (exact) mass is 323 g/mol. The van der Waals surface area contributed by atoms with E-state index in [0.717, 1.165) is 30.5 Å². The van der Waals surface area contributed by atoms with Crippen molar-refractivity contribution in [3.63, 3.8) is 0 Å². The molecule has 10 heteroatoms. The molecular weight excluding hydrogens is 310 g/mol. The van der Waals surface area contributed by atoms with Gasteiger partial charge in [0.05, 0.1) is 16.4 Å². The number of rotatable bonds is 6. The summed E-state index contributed by atoms with van der Waals surface area (Å²) in [6, 6.07) is 2.59. The summed E-state index contributed by atoms with van der Waals surface area (Å²) in [6.07, 6.45) is 0.973. The number of carboxylic acids is 1. The largest absolute Gasteiger partial charge is 0.480 e. The average molecular weight is 323 g/mol. The highest BCUT2D eigenvalue weighted by molar-refractivity contribution is 7.90. The third-order valence-electron chi connectivity index (χ3n) is 2.34. The highest BCUT2D eigenvalue weighted by atomic mass is 32.2. The highest BCUT2D eigenvalue weighted by Gasteiger charge is 2.24. The minimum Gasteiger partial charge on any atom is -0.480 e. The number of carbonyl (C=O) groups is 1. The Balaban J connectivity index is 3.08. The van der Waals surface area contributed by atoms with Crippen molar-refractivity contribution in [3.05, 3.63) is 24.3 Å². The second-order valence-electron chi connectivity index (χ2n) is 3.94. The molecule has 0 radical (unpaired) electrons. The molecule has 1 rings (SSSR count). The normalized spacial score (nSPS) is 13.9. The number of aliphatic hydroxyl groups excluding tert-OH is 1. The maximum absolute atomic E-state index is 11.8. The van der Waals surface area contributed by atoms with E-state index in [1.54, 1.807) is 4.72 Å². The van der Waals surface area contributed by atoms with Crippen LogP contribution in [0, 0.1) is 0 Å². The lowest BCUT2D eigenvalue weighted by atomic mass is 10.3. The lowest BCUT2D eigenvalue weighted by Gasteiger charge is -2.12. The van der Waals surface area contributed by atoms with Gasteiger partial charge in [0.25, 0.3) is 0 Å². The summed E-state index contributed by atoms with van der Waals surface area (Å²) in [5.74, 6) is -1.52. The van der Waals surface area contributed by atoms with Crippen LogP contribution in [0.15, 0.2) is 34.1 Å². The molecule has 0 aliphatic rings. The molecule has 0 aliphatic heterocycles. The second kappa shape index (κ2) is 5.87. The third kappa shape index (κ3) is 4.00. The number of hydrogen-bond donors (Lipinski definition) is 3. The lowest BCUT2D eigenvalue weighted by molar-refractivity contribution is -0.139. The van der Waals surface area contributed by atoms with E-state index in [2.05, 4.69) is 0 Å². The summed E-state index contributed by atoms with van der Waals surface area (Å²) in [5.41, 5.74) is 0. The van der Waals surface area contributed by atoms with E-state index < -0.39 is 38.5 Å². The van der Waals surface area contributed by atoms with Gasteiger partial charge in [0.15, 0.2) is 9.84 Å². The zero-order chi connectivity index (χ0) is 15.6. The summed E-state index contributed by atoms with van der Waals surface area (Å²) >= 11 is 0. The van der Waals surface area contributed by atoms with Crippen molar-refractivity contribution in [2.24, 2.45) is 0 Å². The number of aliphatic carboxylic acids is 1. The molecule has 3 N–H and O–H groups in total. The van der Waals surface area contributed by atoms with Crippen LogP contribution in [0.4, 0.5) is 0 Å². The van der Waals surface area contributed by atoms with Gasteiger partial charge >= 0.3 is 5.97 Å². The zero-order valence-corrected chi connectivity index (χ0v) is 12.0. The van der Waals surface area contributed by atoms with Crippen molar-refractivity contribution in [3.8, 4) is 0 Å². The molecule has 0 amide bonds. The number of sulfone groups is 1. The first-order chi connectivity index (χ1) is 9.08. The summed E-state index contributed by atoms with van der Waals surface area (Å²) in [7, 11) is -7.62. The first kappa shape index (κ1) is 16.6. The maximum atomic E-state index is 11.8. The van der Waals surface area contributed by atoms with Crippen LogP contribution in [-0.4, -0.2) is 51.9 Å². The van der Waals surface area contributed by atoms with Crippen molar-refractivity contribution in [2.45, 2.75) is 15.8 Å². The topological polar surface area (TPSA) is 138 Å². The van der Waals surface area contributed by atoms with Gasteiger partial charge < -0.3 is 10.2 Å². The molecule has 8 nitrogen and oxygen atoms in total. The summed E-state index contributed by atoms with van der Waals surface area (Å²) in [4.78, 5) is 10.3. The molecule has 0 heterocycles. The molecule has 0 bridgehead atoms. The molecule has 0 fully saturated rings. The van der Waals surface area contributed by atoms with Crippen molar-refractivity contribution in [1.82, 2.24) is 4.72 Å². The van der Waals surface area contributed by atoms with Crippen molar-refractivity contribution < 1.29 is 31.8 Å². The minimum atomic E-state index is -4.16. The van der Waals surface area contributed by atoms with Gasteiger partial charge in [-0.3, -0.25) is 4.79 Å². The van der Waals surface area contributed by atoms with Gasteiger partial charge in [0.2, 0.25) is 10.0 Å². The number of hydrogen-bond acceptors (Lipinski definition) is 6. The Kier molecular flexibility index (Phi) is 4.86. The van der Waals surface area contributed by atoms with E-state index >= 15 is 0 Å². The fourth-order valence-corrected chi connectivity index (χ4v) is 3.10. The quantitative estimate of drug-likeness (QED) is 0.598. The van der Waals surface area contributed by atoms with E-state index in [1.165, 1.54) is 0 Å². The van der Waals surface area contributed by atoms with Crippen LogP contribution in [0.5, 0.6) is 0 Å². The van der Waals surface area contributed by atoms with E-state index in [9.17, 15) is 21.6 Å². The number of nitrogens with one attached hydrogen (secondary N) is 1. The van der Waals surface area contributed by atoms with Crippen LogP contribution in [0.25, 0.3) is 0 Å². The Morgan fingerprint density at radius 2 is 1.60 bits per heavy atom. The third-order valence-corrected chi connectivity index (χ3v) is 4.96. The number of carboxylic acid groups (broad SMARTS) is 1. The van der Waals surface area contributed by atoms with Gasteiger partial charge in [-0.05, 0) is 24.3 Å². The summed E-state index contributed by atoms with van der Waals surface area (Å²) in [5, 5.41) is 17.4. The number of benzene rings is 1. The Morgan fingerprint density at radius 3 is 1.95 bits per heavy atom. The van der Waals surface area contributed by atoms with Crippen molar-refractivity contribution in [1.29, 1.82) is 0 Å². The first-order valence-electron chi connectivity index (χ1n) is 5.24. The smallest absolute Gasteiger partial charge is 0.324 e. The Morgan fingerprint density at radius 1 is 1.15 bits per heavy atom. The fourth-order valence-electron chi connectivity index (χ4n) is 1.29. The summed E-state index contributed by atoms with van der Waals surface area (Å²) in [6.45, 7) is -0.907. The Hall–Kier alpha value is -1.49. The van der Waals surface area contributed by atoms with Crippen LogP contribution in [0.3, 0.4) is 0 Å². The van der Waals surface area contributed by atoms with Crippen LogP contribution >= 0.6 is 0 Å². The van der Waals surface area contributed by atoms with Crippen LogP contribution in [0.2, 0.25) is 0 Å². The predicted octanol–water partition coefficient (Wildman–Crippen LogP) is -1.19. The standard InChI is InChI=1S/C10H13NO7S2/c1-19(15,16)7-2-4-8(5-3-7)20(17,18)11-9(6-12)10(13)14/h2-5,9,11-12H,6H2,1H3,(H,13,14). The Labute approximate surface area is 116 Å². The second-order valence-corrected chi connectivity index (χ2v) is 7.67. The van der Waals surface area contributed by atoms with Gasteiger partial charge in [-0.1, -0.05) is 0 Å². The molecule has 20 heavy (non-hydrogen) atoms. The van der Waals surface area contributed by atoms with Gasteiger partial charge in [-0.2, -0.15) is 4.72 Å². The Bertz CT molecular complexity index is 692. The molecule has 0 saturated heterocycles. The molecule has 0 aliphatic carbocycles. The zero-order valence-electron chi connectivity index (χ0n) is 10.3. The van der Waals surface area contributed by atoms with Crippen LogP contribution in [-0.2, 0) is 24.7 Å². The molecule has 0 saturated carbocycles. The van der Waals surface area contributed by atoms with Crippen molar-refractivity contribution >= 4 is 25.8 Å². The van der Waals surface area contributed by atoms with Crippen LogP contribution < -0.4 is 4.72 Å². The first-order valence-corrected chi connectivity index (χ1v) is 8.61. The summed E-state index contributed by atoms with van der Waals surface area (Å²) < 4.78 is 47.9. The van der Waals surface area contributed by atoms with Gasteiger partial charge in [-0.25, -0.2) is 16.8 Å². The highest BCUT2D eigenvalue weighted by Crippen LogP contribution is 2.14. The average Bonchev–Trinajstić information content (AvgIpc) is 2.35. The molecule has 1 aromatic rings. The molecule has 0 aromatic heterocycles. The molecule has 1 aromatic carbocycles. The maximum Gasteiger partial charge on any atom is 0.324 e. The fraction of sp³-hybridized carbons (Fsp3) is 0.300. The predicted molar refractivity (Wildman–Crippen MR) is 68.4 cm³/mol.